The highest BCUT2D eigenvalue weighted by Gasteiger charge is 2.21. The third kappa shape index (κ3) is 3.09. The molecule has 0 spiro atoms. The molecule has 7 nitrogen and oxygen atoms in total. The van der Waals surface area contributed by atoms with Gasteiger partial charge in [-0.1, -0.05) is 23.7 Å². The lowest BCUT2D eigenvalue weighted by Crippen LogP contribution is -2.10. The zero-order chi connectivity index (χ0) is 18.3. The zero-order valence-corrected chi connectivity index (χ0v) is 15.2. The van der Waals surface area contributed by atoms with Gasteiger partial charge in [0.05, 0.1) is 11.0 Å². The lowest BCUT2D eigenvalue weighted by atomic mass is 10.2. The lowest BCUT2D eigenvalue weighted by Gasteiger charge is -2.04. The van der Waals surface area contributed by atoms with Gasteiger partial charge in [-0.05, 0) is 36.4 Å². The van der Waals surface area contributed by atoms with Crippen LogP contribution in [-0.4, -0.2) is 34.4 Å². The molecule has 2 heterocycles. The van der Waals surface area contributed by atoms with Crippen molar-refractivity contribution in [3.63, 3.8) is 0 Å². The molecule has 0 amide bonds. The maximum absolute atomic E-state index is 12.1. The second-order valence-corrected chi connectivity index (χ2v) is 8.10. The van der Waals surface area contributed by atoms with Crippen molar-refractivity contribution < 1.29 is 12.8 Å². The molecule has 2 aromatic heterocycles. The van der Waals surface area contributed by atoms with Crippen molar-refractivity contribution in [2.75, 3.05) is 6.26 Å². The molecule has 4 aromatic rings. The van der Waals surface area contributed by atoms with Crippen LogP contribution in [0.3, 0.4) is 0 Å². The van der Waals surface area contributed by atoms with Gasteiger partial charge in [-0.2, -0.15) is 0 Å². The van der Waals surface area contributed by atoms with Crippen molar-refractivity contribution in [2.24, 2.45) is 0 Å². The van der Waals surface area contributed by atoms with Crippen molar-refractivity contribution in [1.82, 2.24) is 19.7 Å². The Labute approximate surface area is 154 Å². The van der Waals surface area contributed by atoms with Crippen LogP contribution in [0.2, 0.25) is 5.02 Å². The van der Waals surface area contributed by atoms with E-state index in [0.29, 0.717) is 21.9 Å². The number of nitrogens with zero attached hydrogens (tertiary/aromatic N) is 4. The van der Waals surface area contributed by atoms with Crippen LogP contribution in [0.15, 0.2) is 58.1 Å². The molecule has 0 fully saturated rings. The van der Waals surface area contributed by atoms with E-state index in [4.69, 9.17) is 16.0 Å². The van der Waals surface area contributed by atoms with Crippen molar-refractivity contribution >= 4 is 32.5 Å². The minimum Gasteiger partial charge on any atom is -0.419 e. The average Bonchev–Trinajstić information content (AvgIpc) is 3.21. The molecule has 2 aromatic carbocycles. The summed E-state index contributed by atoms with van der Waals surface area (Å²) in [6.07, 6.45) is 1.12. The topological polar surface area (TPSA) is 90.9 Å². The first-order chi connectivity index (χ1) is 12.4. The summed E-state index contributed by atoms with van der Waals surface area (Å²) >= 11 is 5.88. The Kier molecular flexibility index (Phi) is 4.01. The van der Waals surface area contributed by atoms with Crippen molar-refractivity contribution in [3.8, 4) is 11.5 Å². The first-order valence-electron chi connectivity index (χ1n) is 7.65. The van der Waals surface area contributed by atoms with Crippen LogP contribution in [-0.2, 0) is 16.4 Å². The third-order valence-electron chi connectivity index (χ3n) is 3.80. The van der Waals surface area contributed by atoms with E-state index in [0.717, 1.165) is 11.8 Å². The Balaban J connectivity index is 1.75. The summed E-state index contributed by atoms with van der Waals surface area (Å²) in [5.41, 5.74) is 2.00. The number of halogens is 1. The summed E-state index contributed by atoms with van der Waals surface area (Å²) in [6, 6.07) is 14.2. The van der Waals surface area contributed by atoms with Gasteiger partial charge in [0.1, 0.15) is 6.54 Å². The van der Waals surface area contributed by atoms with Crippen molar-refractivity contribution in [2.45, 2.75) is 11.7 Å². The van der Waals surface area contributed by atoms with Gasteiger partial charge in [-0.3, -0.25) is 0 Å². The lowest BCUT2D eigenvalue weighted by molar-refractivity contribution is 0.479. The number of hydrogen-bond acceptors (Lipinski definition) is 6. The number of aromatic nitrogens is 4. The highest BCUT2D eigenvalue weighted by atomic mass is 35.5. The third-order valence-corrected chi connectivity index (χ3v) is 5.03. The highest BCUT2D eigenvalue weighted by molar-refractivity contribution is 7.90. The van der Waals surface area contributed by atoms with E-state index in [2.05, 4.69) is 15.2 Å². The fraction of sp³-hybridized carbons (Fsp3) is 0.118. The Morgan fingerprint density at radius 2 is 1.81 bits per heavy atom. The van der Waals surface area contributed by atoms with Gasteiger partial charge < -0.3 is 8.98 Å². The molecule has 0 bridgehead atoms. The molecule has 132 valence electrons. The second-order valence-electron chi connectivity index (χ2n) is 5.75. The van der Waals surface area contributed by atoms with Gasteiger partial charge in [-0.15, -0.1) is 10.2 Å². The van der Waals surface area contributed by atoms with E-state index >= 15 is 0 Å². The van der Waals surface area contributed by atoms with Gasteiger partial charge in [0, 0.05) is 16.8 Å². The number of fused-ring (bicyclic) bond motifs is 1. The molecule has 0 saturated heterocycles. The van der Waals surface area contributed by atoms with Crippen LogP contribution >= 0.6 is 11.6 Å². The number of rotatable bonds is 4. The van der Waals surface area contributed by atoms with Crippen LogP contribution < -0.4 is 0 Å². The van der Waals surface area contributed by atoms with Crippen LogP contribution in [0, 0.1) is 0 Å². The van der Waals surface area contributed by atoms with Gasteiger partial charge in [0.15, 0.2) is 0 Å². The van der Waals surface area contributed by atoms with Crippen LogP contribution in [0.1, 0.15) is 5.89 Å². The quantitative estimate of drug-likeness (QED) is 0.533. The number of hydrogen-bond donors (Lipinski definition) is 0. The number of sulfone groups is 1. The SMILES string of the molecule is CS(=O)(=O)c1nc2ccccc2n1Cc1nnc(-c2ccc(Cl)cc2)o1. The fourth-order valence-corrected chi connectivity index (χ4v) is 3.60. The first kappa shape index (κ1) is 16.7. The van der Waals surface area contributed by atoms with Gasteiger partial charge in [0.2, 0.25) is 26.8 Å². The molecule has 9 heteroatoms. The molecular weight excluding hydrogens is 376 g/mol. The maximum Gasteiger partial charge on any atom is 0.247 e. The fourth-order valence-electron chi connectivity index (χ4n) is 2.65. The second kappa shape index (κ2) is 6.22. The maximum atomic E-state index is 12.1. The molecule has 0 aliphatic carbocycles. The Morgan fingerprint density at radius 3 is 2.54 bits per heavy atom. The van der Waals surface area contributed by atoms with Gasteiger partial charge >= 0.3 is 0 Å². The summed E-state index contributed by atoms with van der Waals surface area (Å²) in [5, 5.41) is 8.62. The molecular formula is C17H13ClN4O3S. The average molecular weight is 389 g/mol. The highest BCUT2D eigenvalue weighted by Crippen LogP contribution is 2.23. The Morgan fingerprint density at radius 1 is 1.08 bits per heavy atom. The van der Waals surface area contributed by atoms with Crippen LogP contribution in [0.5, 0.6) is 0 Å². The van der Waals surface area contributed by atoms with E-state index in [-0.39, 0.29) is 17.6 Å². The van der Waals surface area contributed by atoms with E-state index in [1.54, 1.807) is 47.0 Å². The van der Waals surface area contributed by atoms with Crippen LogP contribution in [0.4, 0.5) is 0 Å². The minimum atomic E-state index is -3.52. The molecule has 0 aliphatic rings. The molecule has 0 N–H and O–H groups in total. The number of benzene rings is 2. The molecule has 0 unspecified atom stereocenters. The molecule has 4 rings (SSSR count). The number of imidazole rings is 1. The monoisotopic (exact) mass is 388 g/mol. The van der Waals surface area contributed by atoms with E-state index < -0.39 is 9.84 Å². The van der Waals surface area contributed by atoms with E-state index in [9.17, 15) is 8.42 Å². The molecule has 0 atom stereocenters. The van der Waals surface area contributed by atoms with Crippen molar-refractivity contribution in [3.05, 3.63) is 59.4 Å². The summed E-state index contributed by atoms with van der Waals surface area (Å²) in [5.74, 6) is 0.616. The summed E-state index contributed by atoms with van der Waals surface area (Å²) in [4.78, 5) is 4.23. The Hall–Kier alpha value is -2.71. The zero-order valence-electron chi connectivity index (χ0n) is 13.6. The largest absolute Gasteiger partial charge is 0.419 e. The summed E-state index contributed by atoms with van der Waals surface area (Å²) in [7, 11) is -3.52. The summed E-state index contributed by atoms with van der Waals surface area (Å²) in [6.45, 7) is 0.101. The predicted octanol–water partition coefficient (Wildman–Crippen LogP) is 3.19. The van der Waals surface area contributed by atoms with Gasteiger partial charge in [-0.25, -0.2) is 13.4 Å². The standard InChI is InChI=1S/C17H13ClN4O3S/c1-26(23,24)17-19-13-4-2-3-5-14(13)22(17)10-15-20-21-16(25-15)11-6-8-12(18)9-7-11/h2-9H,10H2,1H3. The van der Waals surface area contributed by atoms with E-state index in [1.807, 2.05) is 6.07 Å². The van der Waals surface area contributed by atoms with Crippen LogP contribution in [0.25, 0.3) is 22.5 Å². The van der Waals surface area contributed by atoms with Crippen molar-refractivity contribution in [1.29, 1.82) is 0 Å². The summed E-state index contributed by atoms with van der Waals surface area (Å²) < 4.78 is 31.5. The molecule has 0 saturated carbocycles. The molecule has 0 aliphatic heterocycles. The smallest absolute Gasteiger partial charge is 0.247 e. The molecule has 0 radical (unpaired) electrons. The molecule has 26 heavy (non-hydrogen) atoms. The Bertz CT molecular complexity index is 1200. The van der Waals surface area contributed by atoms with E-state index in [1.165, 1.54) is 0 Å². The predicted molar refractivity (Wildman–Crippen MR) is 96.7 cm³/mol. The minimum absolute atomic E-state index is 0.0371. The normalized spacial score (nSPS) is 11.9. The first-order valence-corrected chi connectivity index (χ1v) is 9.92. The van der Waals surface area contributed by atoms with Gasteiger partial charge in [0.25, 0.3) is 0 Å². The number of para-hydroxylation sites is 2.